The van der Waals surface area contributed by atoms with Crippen molar-refractivity contribution in [3.63, 3.8) is 0 Å². The van der Waals surface area contributed by atoms with Gasteiger partial charge in [0.05, 0.1) is 35.1 Å². The molecule has 2 aromatic rings. The Morgan fingerprint density at radius 3 is 2.88 bits per heavy atom. The molecule has 7 heteroatoms. The van der Waals surface area contributed by atoms with Gasteiger partial charge in [-0.05, 0) is 35.9 Å². The van der Waals surface area contributed by atoms with Crippen LogP contribution in [0.5, 0.6) is 0 Å². The van der Waals surface area contributed by atoms with Gasteiger partial charge in [-0.1, -0.05) is 12.1 Å². The highest BCUT2D eigenvalue weighted by atomic mass is 16.4. The zero-order valence-electron chi connectivity index (χ0n) is 12.4. The molecule has 0 radical (unpaired) electrons. The largest absolute Gasteiger partial charge is 0.465 e. The Labute approximate surface area is 137 Å². The molecule has 0 aliphatic carbocycles. The quantitative estimate of drug-likeness (QED) is 0.788. The average molecular weight is 320 g/mol. The summed E-state index contributed by atoms with van der Waals surface area (Å²) >= 11 is 0. The molecule has 3 N–H and O–H groups in total. The molecule has 3 rings (SSSR count). The van der Waals surface area contributed by atoms with Crippen molar-refractivity contribution in [1.29, 1.82) is 5.26 Å². The monoisotopic (exact) mass is 320 g/mol. The van der Waals surface area contributed by atoms with Gasteiger partial charge in [0.25, 0.3) is 0 Å². The first-order valence-corrected chi connectivity index (χ1v) is 7.07. The van der Waals surface area contributed by atoms with Crippen LogP contribution in [0.2, 0.25) is 0 Å². The molecule has 0 bridgehead atoms. The molecule has 2 amide bonds. The number of rotatable bonds is 2. The summed E-state index contributed by atoms with van der Waals surface area (Å²) in [6.07, 6.45) is -1.13. The lowest BCUT2D eigenvalue weighted by Gasteiger charge is -2.07. The molecule has 1 aliphatic heterocycles. The molecule has 0 saturated carbocycles. The van der Waals surface area contributed by atoms with E-state index in [4.69, 9.17) is 10.4 Å². The van der Waals surface area contributed by atoms with Crippen LogP contribution in [0.4, 0.5) is 21.9 Å². The van der Waals surface area contributed by atoms with Crippen molar-refractivity contribution in [2.24, 2.45) is 4.99 Å². The van der Waals surface area contributed by atoms with Crippen LogP contribution in [0.25, 0.3) is 0 Å². The van der Waals surface area contributed by atoms with Gasteiger partial charge in [0, 0.05) is 5.69 Å². The Bertz CT molecular complexity index is 912. The van der Waals surface area contributed by atoms with Crippen molar-refractivity contribution in [3.8, 4) is 6.07 Å². The highest BCUT2D eigenvalue weighted by molar-refractivity contribution is 6.17. The van der Waals surface area contributed by atoms with Crippen molar-refractivity contribution in [3.05, 3.63) is 53.6 Å². The minimum Gasteiger partial charge on any atom is -0.465 e. The highest BCUT2D eigenvalue weighted by Crippen LogP contribution is 2.31. The minimum atomic E-state index is -1.19. The second kappa shape index (κ2) is 6.22. The minimum absolute atomic E-state index is 0.0608. The smallest absolute Gasteiger partial charge is 0.409 e. The fraction of sp³-hybridized carbons (Fsp3) is 0.0588. The average Bonchev–Trinajstić information content (AvgIpc) is 2.72. The van der Waals surface area contributed by atoms with E-state index in [1.807, 2.05) is 0 Å². The Morgan fingerprint density at radius 1 is 1.29 bits per heavy atom. The number of aliphatic imine (C=N–C) groups is 1. The summed E-state index contributed by atoms with van der Waals surface area (Å²) in [6, 6.07) is 13.6. The molecule has 24 heavy (non-hydrogen) atoms. The number of nitriles is 1. The number of hydrogen-bond acceptors (Lipinski definition) is 4. The molecular weight excluding hydrogens is 308 g/mol. The van der Waals surface area contributed by atoms with E-state index in [1.54, 1.807) is 36.4 Å². The fourth-order valence-electron chi connectivity index (χ4n) is 2.40. The summed E-state index contributed by atoms with van der Waals surface area (Å²) in [5, 5.41) is 22.7. The summed E-state index contributed by atoms with van der Waals surface area (Å²) in [6.45, 7) is 0. The Kier molecular flexibility index (Phi) is 3.95. The molecule has 2 aromatic carbocycles. The SMILES string of the molecule is N#Cc1cccc(C2=Nc3ccc(NC(=O)O)cc3NC(=O)C2)c1. The standard InChI is InChI=1S/C17H12N4O3/c18-9-10-2-1-3-11(6-10)14-8-16(22)21-15-7-12(19-17(23)24)4-5-13(15)20-14/h1-7,19H,8H2,(H,21,22)(H,23,24). The van der Waals surface area contributed by atoms with Gasteiger partial charge in [-0.2, -0.15) is 5.26 Å². The number of nitrogens with zero attached hydrogens (tertiary/aromatic N) is 2. The van der Waals surface area contributed by atoms with E-state index in [0.29, 0.717) is 33.9 Å². The van der Waals surface area contributed by atoms with Crippen molar-refractivity contribution in [2.45, 2.75) is 6.42 Å². The van der Waals surface area contributed by atoms with Crippen LogP contribution in [-0.2, 0) is 4.79 Å². The number of amides is 2. The predicted molar refractivity (Wildman–Crippen MR) is 88.7 cm³/mol. The Hall–Kier alpha value is -3.66. The predicted octanol–water partition coefficient (Wildman–Crippen LogP) is 3.11. The van der Waals surface area contributed by atoms with Gasteiger partial charge in [0.1, 0.15) is 0 Å². The van der Waals surface area contributed by atoms with Gasteiger partial charge in [-0.3, -0.25) is 15.1 Å². The first-order valence-electron chi connectivity index (χ1n) is 7.07. The normalized spacial score (nSPS) is 13.0. The van der Waals surface area contributed by atoms with E-state index < -0.39 is 6.09 Å². The molecule has 7 nitrogen and oxygen atoms in total. The van der Waals surface area contributed by atoms with Gasteiger partial charge in [-0.25, -0.2) is 4.79 Å². The number of carboxylic acid groups (broad SMARTS) is 1. The van der Waals surface area contributed by atoms with Gasteiger partial charge in [-0.15, -0.1) is 0 Å². The van der Waals surface area contributed by atoms with Crippen LogP contribution in [0, 0.1) is 11.3 Å². The van der Waals surface area contributed by atoms with Crippen LogP contribution >= 0.6 is 0 Å². The zero-order chi connectivity index (χ0) is 17.1. The van der Waals surface area contributed by atoms with Crippen LogP contribution in [0.3, 0.4) is 0 Å². The molecule has 0 spiro atoms. The molecule has 1 heterocycles. The number of carbonyl (C=O) groups excluding carboxylic acids is 1. The van der Waals surface area contributed by atoms with Gasteiger partial charge in [0.15, 0.2) is 0 Å². The van der Waals surface area contributed by atoms with Crippen LogP contribution in [-0.4, -0.2) is 22.8 Å². The van der Waals surface area contributed by atoms with E-state index in [0.717, 1.165) is 0 Å². The lowest BCUT2D eigenvalue weighted by atomic mass is 10.0. The van der Waals surface area contributed by atoms with Crippen LogP contribution < -0.4 is 10.6 Å². The maximum absolute atomic E-state index is 12.1. The molecular formula is C17H12N4O3. The second-order valence-electron chi connectivity index (χ2n) is 5.14. The molecule has 0 atom stereocenters. The number of carbonyl (C=O) groups is 2. The summed E-state index contributed by atoms with van der Waals surface area (Å²) < 4.78 is 0. The summed E-state index contributed by atoms with van der Waals surface area (Å²) in [7, 11) is 0. The summed E-state index contributed by atoms with van der Waals surface area (Å²) in [4.78, 5) is 27.3. The molecule has 118 valence electrons. The molecule has 0 fully saturated rings. The first-order chi connectivity index (χ1) is 11.5. The second-order valence-corrected chi connectivity index (χ2v) is 5.14. The Balaban J connectivity index is 2.03. The molecule has 0 unspecified atom stereocenters. The maximum atomic E-state index is 12.1. The maximum Gasteiger partial charge on any atom is 0.409 e. The summed E-state index contributed by atoms with van der Waals surface area (Å²) in [5.74, 6) is -0.262. The number of benzene rings is 2. The number of hydrogen-bond donors (Lipinski definition) is 3. The lowest BCUT2D eigenvalue weighted by molar-refractivity contribution is -0.115. The highest BCUT2D eigenvalue weighted by Gasteiger charge is 2.18. The number of fused-ring (bicyclic) bond motifs is 1. The third-order valence-corrected chi connectivity index (χ3v) is 3.43. The van der Waals surface area contributed by atoms with E-state index in [9.17, 15) is 9.59 Å². The van der Waals surface area contributed by atoms with Crippen LogP contribution in [0.1, 0.15) is 17.5 Å². The first kappa shape index (κ1) is 15.2. The van der Waals surface area contributed by atoms with Crippen molar-refractivity contribution in [1.82, 2.24) is 0 Å². The number of anilines is 2. The molecule has 0 aromatic heterocycles. The van der Waals surface area contributed by atoms with Gasteiger partial charge >= 0.3 is 6.09 Å². The van der Waals surface area contributed by atoms with Crippen molar-refractivity contribution < 1.29 is 14.7 Å². The zero-order valence-corrected chi connectivity index (χ0v) is 12.4. The van der Waals surface area contributed by atoms with Crippen LogP contribution in [0.15, 0.2) is 47.5 Å². The fourth-order valence-corrected chi connectivity index (χ4v) is 2.40. The third-order valence-electron chi connectivity index (χ3n) is 3.43. The summed E-state index contributed by atoms with van der Waals surface area (Å²) in [5.41, 5.74) is 3.02. The van der Waals surface area contributed by atoms with Gasteiger partial charge < -0.3 is 10.4 Å². The Morgan fingerprint density at radius 2 is 2.12 bits per heavy atom. The van der Waals surface area contributed by atoms with Gasteiger partial charge in [0.2, 0.25) is 5.91 Å². The third kappa shape index (κ3) is 3.23. The van der Waals surface area contributed by atoms with E-state index in [1.165, 1.54) is 6.07 Å². The number of nitrogens with one attached hydrogen (secondary N) is 2. The van der Waals surface area contributed by atoms with Crippen molar-refractivity contribution >= 4 is 34.8 Å². The molecule has 1 aliphatic rings. The topological polar surface area (TPSA) is 115 Å². The van der Waals surface area contributed by atoms with E-state index in [-0.39, 0.29) is 12.3 Å². The molecule has 0 saturated heterocycles. The van der Waals surface area contributed by atoms with E-state index >= 15 is 0 Å². The lowest BCUT2D eigenvalue weighted by Crippen LogP contribution is -2.15. The van der Waals surface area contributed by atoms with E-state index in [2.05, 4.69) is 21.7 Å². The van der Waals surface area contributed by atoms with Crippen molar-refractivity contribution in [2.75, 3.05) is 10.6 Å².